The number of rotatable bonds is 6. The van der Waals surface area contributed by atoms with Gasteiger partial charge in [-0.05, 0) is 49.6 Å². The van der Waals surface area contributed by atoms with E-state index in [9.17, 15) is 13.2 Å². The molecule has 0 atom stereocenters. The van der Waals surface area contributed by atoms with Crippen molar-refractivity contribution in [3.63, 3.8) is 0 Å². The van der Waals surface area contributed by atoms with Crippen molar-refractivity contribution in [1.29, 1.82) is 0 Å². The topological polar surface area (TPSA) is 53.1 Å². The van der Waals surface area contributed by atoms with Crippen molar-refractivity contribution >= 4 is 17.5 Å². The Balaban J connectivity index is 1.34. The monoisotopic (exact) mass is 441 g/mol. The molecule has 0 radical (unpaired) electrons. The summed E-state index contributed by atoms with van der Waals surface area (Å²) in [6.45, 7) is 4.84. The number of hydrogen-bond acceptors (Lipinski definition) is 5. The van der Waals surface area contributed by atoms with Gasteiger partial charge in [0.1, 0.15) is 5.82 Å². The molecule has 1 aliphatic heterocycles. The third-order valence-electron chi connectivity index (χ3n) is 5.51. The molecule has 0 unspecified atom stereocenters. The highest BCUT2D eigenvalue weighted by molar-refractivity contribution is 5.56. The van der Waals surface area contributed by atoms with Crippen molar-refractivity contribution in [3.05, 3.63) is 77.5 Å². The van der Waals surface area contributed by atoms with Gasteiger partial charge in [-0.3, -0.25) is 4.90 Å². The van der Waals surface area contributed by atoms with Gasteiger partial charge in [-0.1, -0.05) is 30.3 Å². The molecule has 8 heteroatoms. The second-order valence-electron chi connectivity index (χ2n) is 8.10. The van der Waals surface area contributed by atoms with Crippen LogP contribution in [-0.4, -0.2) is 34.0 Å². The second-order valence-corrected chi connectivity index (χ2v) is 8.10. The second kappa shape index (κ2) is 9.56. The zero-order valence-corrected chi connectivity index (χ0v) is 17.9. The van der Waals surface area contributed by atoms with Crippen LogP contribution in [0.1, 0.15) is 29.7 Å². The van der Waals surface area contributed by atoms with Crippen molar-refractivity contribution in [3.8, 4) is 0 Å². The average Bonchev–Trinajstić information content (AvgIpc) is 2.75. The maximum Gasteiger partial charge on any atom is 0.416 e. The summed E-state index contributed by atoms with van der Waals surface area (Å²) >= 11 is 0. The number of piperidine rings is 1. The predicted molar refractivity (Wildman–Crippen MR) is 120 cm³/mol. The summed E-state index contributed by atoms with van der Waals surface area (Å²) in [6, 6.07) is 17.5. The Morgan fingerprint density at radius 2 is 1.66 bits per heavy atom. The van der Waals surface area contributed by atoms with Crippen LogP contribution in [0.15, 0.2) is 60.7 Å². The highest BCUT2D eigenvalue weighted by Crippen LogP contribution is 2.30. The molecular formula is C24H26F3N5. The van der Waals surface area contributed by atoms with Crippen LogP contribution in [-0.2, 0) is 12.7 Å². The standard InChI is InChI=1S/C24H26F3N5/c1-17-15-22(29-21-11-13-32(14-12-21)16-18-5-3-2-4-6-18)31-23(28-17)30-20-9-7-19(8-10-20)24(25,26)27/h2-10,15,21H,11-14,16H2,1H3,(H2,28,29,30,31). The number of hydrogen-bond donors (Lipinski definition) is 2. The maximum atomic E-state index is 12.8. The summed E-state index contributed by atoms with van der Waals surface area (Å²) in [4.78, 5) is 11.3. The Bertz CT molecular complexity index is 1010. The fourth-order valence-corrected chi connectivity index (χ4v) is 3.86. The average molecular weight is 442 g/mol. The van der Waals surface area contributed by atoms with E-state index in [1.165, 1.54) is 17.7 Å². The summed E-state index contributed by atoms with van der Waals surface area (Å²) in [5.74, 6) is 1.07. The van der Waals surface area contributed by atoms with Crippen molar-refractivity contribution in [2.24, 2.45) is 0 Å². The van der Waals surface area contributed by atoms with Gasteiger partial charge in [-0.2, -0.15) is 18.2 Å². The van der Waals surface area contributed by atoms with Crippen molar-refractivity contribution in [1.82, 2.24) is 14.9 Å². The highest BCUT2D eigenvalue weighted by Gasteiger charge is 2.30. The summed E-state index contributed by atoms with van der Waals surface area (Å²) in [5.41, 5.74) is 1.92. The molecule has 0 bridgehead atoms. The van der Waals surface area contributed by atoms with Gasteiger partial charge in [0.05, 0.1) is 5.56 Å². The first-order valence-electron chi connectivity index (χ1n) is 10.7. The quantitative estimate of drug-likeness (QED) is 0.520. The molecule has 1 aliphatic rings. The number of nitrogens with one attached hydrogen (secondary N) is 2. The molecule has 32 heavy (non-hydrogen) atoms. The van der Waals surface area contributed by atoms with E-state index in [1.807, 2.05) is 19.1 Å². The SMILES string of the molecule is Cc1cc(NC2CCN(Cc3ccccc3)CC2)nc(Nc2ccc(C(F)(F)F)cc2)n1. The maximum absolute atomic E-state index is 12.8. The molecule has 3 aromatic rings. The van der Waals surface area contributed by atoms with Gasteiger partial charge in [-0.15, -0.1) is 0 Å². The Kier molecular flexibility index (Phi) is 6.60. The van der Waals surface area contributed by atoms with Crippen LogP contribution in [0.25, 0.3) is 0 Å². The molecule has 2 N–H and O–H groups in total. The largest absolute Gasteiger partial charge is 0.416 e. The predicted octanol–water partition coefficient (Wildman–Crippen LogP) is 5.62. The zero-order chi connectivity index (χ0) is 22.6. The van der Waals surface area contributed by atoms with E-state index in [0.29, 0.717) is 23.5 Å². The van der Waals surface area contributed by atoms with Crippen LogP contribution in [0.2, 0.25) is 0 Å². The van der Waals surface area contributed by atoms with Crippen LogP contribution >= 0.6 is 0 Å². The first-order chi connectivity index (χ1) is 15.3. The minimum absolute atomic E-state index is 0.315. The smallest absolute Gasteiger partial charge is 0.367 e. The van der Waals surface area contributed by atoms with Gasteiger partial charge in [-0.25, -0.2) is 4.98 Å². The first kappa shape index (κ1) is 22.1. The molecule has 2 aromatic carbocycles. The molecule has 5 nitrogen and oxygen atoms in total. The third kappa shape index (κ3) is 5.97. The van der Waals surface area contributed by atoms with Crippen molar-refractivity contribution < 1.29 is 13.2 Å². The van der Waals surface area contributed by atoms with E-state index in [0.717, 1.165) is 50.3 Å². The number of nitrogens with zero attached hydrogens (tertiary/aromatic N) is 3. The van der Waals surface area contributed by atoms with E-state index in [-0.39, 0.29) is 0 Å². The summed E-state index contributed by atoms with van der Waals surface area (Å²) < 4.78 is 38.3. The molecule has 1 saturated heterocycles. The summed E-state index contributed by atoms with van der Waals surface area (Å²) in [7, 11) is 0. The number of anilines is 3. The fourth-order valence-electron chi connectivity index (χ4n) is 3.86. The zero-order valence-electron chi connectivity index (χ0n) is 17.9. The lowest BCUT2D eigenvalue weighted by Crippen LogP contribution is -2.38. The highest BCUT2D eigenvalue weighted by atomic mass is 19.4. The molecule has 0 amide bonds. The van der Waals surface area contributed by atoms with E-state index in [4.69, 9.17) is 0 Å². The Hall–Kier alpha value is -3.13. The van der Waals surface area contributed by atoms with E-state index < -0.39 is 11.7 Å². The number of likely N-dealkylation sites (tertiary alicyclic amines) is 1. The van der Waals surface area contributed by atoms with Gasteiger partial charge in [0.15, 0.2) is 0 Å². The van der Waals surface area contributed by atoms with Gasteiger partial charge < -0.3 is 10.6 Å². The van der Waals surface area contributed by atoms with Crippen molar-refractivity contribution in [2.45, 2.75) is 38.5 Å². The van der Waals surface area contributed by atoms with Crippen LogP contribution < -0.4 is 10.6 Å². The number of aryl methyl sites for hydroxylation is 1. The first-order valence-corrected chi connectivity index (χ1v) is 10.7. The van der Waals surface area contributed by atoms with Crippen LogP contribution in [0.3, 0.4) is 0 Å². The van der Waals surface area contributed by atoms with Crippen molar-refractivity contribution in [2.75, 3.05) is 23.7 Å². The number of aromatic nitrogens is 2. The van der Waals surface area contributed by atoms with E-state index in [2.05, 4.69) is 49.8 Å². The molecule has 0 aliphatic carbocycles. The number of halogens is 3. The Morgan fingerprint density at radius 1 is 0.969 bits per heavy atom. The Labute approximate surface area is 185 Å². The molecule has 0 saturated carbocycles. The molecule has 0 spiro atoms. The molecule has 2 heterocycles. The fraction of sp³-hybridized carbons (Fsp3) is 0.333. The lowest BCUT2D eigenvalue weighted by Gasteiger charge is -2.32. The normalized spacial score (nSPS) is 15.5. The molecule has 4 rings (SSSR count). The van der Waals surface area contributed by atoms with Crippen LogP contribution in [0, 0.1) is 6.92 Å². The Morgan fingerprint density at radius 3 is 2.31 bits per heavy atom. The molecular weight excluding hydrogens is 415 g/mol. The molecule has 1 fully saturated rings. The molecule has 168 valence electrons. The number of benzene rings is 2. The summed E-state index contributed by atoms with van der Waals surface area (Å²) in [5, 5.41) is 6.49. The minimum Gasteiger partial charge on any atom is -0.367 e. The van der Waals surface area contributed by atoms with Gasteiger partial charge >= 0.3 is 6.18 Å². The third-order valence-corrected chi connectivity index (χ3v) is 5.51. The van der Waals surface area contributed by atoms with Gasteiger partial charge in [0.25, 0.3) is 0 Å². The van der Waals surface area contributed by atoms with Gasteiger partial charge in [0, 0.05) is 43.1 Å². The van der Waals surface area contributed by atoms with E-state index >= 15 is 0 Å². The summed E-state index contributed by atoms with van der Waals surface area (Å²) in [6.07, 6.45) is -2.33. The lowest BCUT2D eigenvalue weighted by atomic mass is 10.0. The van der Waals surface area contributed by atoms with Crippen LogP contribution in [0.4, 0.5) is 30.6 Å². The van der Waals surface area contributed by atoms with E-state index in [1.54, 1.807) is 0 Å². The van der Waals surface area contributed by atoms with Gasteiger partial charge in [0.2, 0.25) is 5.95 Å². The van der Waals surface area contributed by atoms with Crippen LogP contribution in [0.5, 0.6) is 0 Å². The lowest BCUT2D eigenvalue weighted by molar-refractivity contribution is -0.137. The molecule has 1 aromatic heterocycles. The minimum atomic E-state index is -4.36. The number of alkyl halides is 3.